The van der Waals surface area contributed by atoms with E-state index in [0.29, 0.717) is 18.6 Å². The molecule has 0 spiro atoms. The molecule has 0 N–H and O–H groups in total. The van der Waals surface area contributed by atoms with Crippen LogP contribution in [0.15, 0.2) is 0 Å². The van der Waals surface area contributed by atoms with Gasteiger partial charge in [0, 0.05) is 0 Å². The average Bonchev–Trinajstić information content (AvgIpc) is 2.03. The fraction of sp³-hybridized carbons (Fsp3) is 1.00. The number of unbranched alkanes of at least 4 members (excludes halogenated alkanes) is 4. The summed E-state index contributed by atoms with van der Waals surface area (Å²) >= 11 is 0.591. The summed E-state index contributed by atoms with van der Waals surface area (Å²) in [6.45, 7) is 4.57. The van der Waals surface area contributed by atoms with Gasteiger partial charge in [-0.15, -0.1) is 0 Å². The number of hydrogen-bond donors (Lipinski definition) is 0. The molecule has 0 aromatic carbocycles. The third kappa shape index (κ3) is 10.7. The Morgan fingerprint density at radius 2 is 1.18 bits per heavy atom. The fourth-order valence-corrected chi connectivity index (χ4v) is 3.74. The molecular formula is C10H22Pt. The Balaban J connectivity index is 2.69. The first-order chi connectivity index (χ1) is 5.41. The van der Waals surface area contributed by atoms with E-state index >= 15 is 0 Å². The molecule has 0 aliphatic carbocycles. The first-order valence-electron chi connectivity index (χ1n) is 4.86. The molecule has 1 heteroatoms. The van der Waals surface area contributed by atoms with Crippen LogP contribution in [0.3, 0.4) is 0 Å². The van der Waals surface area contributed by atoms with Crippen molar-refractivity contribution in [3.8, 4) is 0 Å². The fourth-order valence-electron chi connectivity index (χ4n) is 0.895. The summed E-state index contributed by atoms with van der Waals surface area (Å²) in [4.78, 5) is 3.16. The zero-order chi connectivity index (χ0) is 8.36. The molecule has 0 saturated carbocycles. The predicted octanol–water partition coefficient (Wildman–Crippen LogP) is 4.29. The van der Waals surface area contributed by atoms with Crippen LogP contribution in [0.4, 0.5) is 0 Å². The van der Waals surface area contributed by atoms with E-state index in [4.69, 9.17) is 0 Å². The summed E-state index contributed by atoms with van der Waals surface area (Å²) in [6.07, 6.45) is 8.73. The second kappa shape index (κ2) is 10.7. The van der Waals surface area contributed by atoms with E-state index in [-0.39, 0.29) is 0 Å². The molecule has 0 fully saturated rings. The zero-order valence-electron chi connectivity index (χ0n) is 7.97. The topological polar surface area (TPSA) is 0 Å². The van der Waals surface area contributed by atoms with Crippen LogP contribution in [0, 0.1) is 0 Å². The van der Waals surface area contributed by atoms with E-state index in [1.807, 2.05) is 0 Å². The first kappa shape index (κ1) is 11.7. The van der Waals surface area contributed by atoms with Gasteiger partial charge in [0.05, 0.1) is 0 Å². The summed E-state index contributed by atoms with van der Waals surface area (Å²) in [5.74, 6) is 0. The van der Waals surface area contributed by atoms with Crippen molar-refractivity contribution in [1.82, 2.24) is 0 Å². The first-order valence-corrected chi connectivity index (χ1v) is 8.07. The van der Waals surface area contributed by atoms with Gasteiger partial charge in [-0.3, -0.25) is 0 Å². The summed E-state index contributed by atoms with van der Waals surface area (Å²) in [5, 5.41) is 0. The van der Waals surface area contributed by atoms with Crippen LogP contribution in [-0.2, 0) is 18.6 Å². The van der Waals surface area contributed by atoms with Crippen LogP contribution in [0.2, 0.25) is 9.62 Å². The Labute approximate surface area is 80.7 Å². The van der Waals surface area contributed by atoms with Crippen LogP contribution < -0.4 is 0 Å². The van der Waals surface area contributed by atoms with Gasteiger partial charge in [-0.05, 0) is 0 Å². The van der Waals surface area contributed by atoms with Gasteiger partial charge in [0.2, 0.25) is 0 Å². The normalized spacial score (nSPS) is 10.7. The molecule has 0 aliphatic rings. The third-order valence-corrected chi connectivity index (χ3v) is 4.87. The summed E-state index contributed by atoms with van der Waals surface area (Å²) in [6, 6.07) is 0. The van der Waals surface area contributed by atoms with Crippen LogP contribution in [0.1, 0.15) is 52.4 Å². The van der Waals surface area contributed by atoms with Crippen LogP contribution >= 0.6 is 0 Å². The molecule has 72 valence electrons. The molecule has 0 saturated heterocycles. The van der Waals surface area contributed by atoms with Crippen molar-refractivity contribution in [3.63, 3.8) is 0 Å². The Hall–Kier alpha value is 0.688. The SMILES string of the molecule is CCCC[CH2][Pt][CH2]CCCC. The second-order valence-corrected chi connectivity index (χ2v) is 6.30. The van der Waals surface area contributed by atoms with E-state index in [9.17, 15) is 0 Å². The van der Waals surface area contributed by atoms with Crippen molar-refractivity contribution in [1.29, 1.82) is 0 Å². The Kier molecular flexibility index (Phi) is 11.4. The maximum atomic E-state index is 2.29. The van der Waals surface area contributed by atoms with Crippen molar-refractivity contribution in [2.24, 2.45) is 0 Å². The molecule has 0 radical (unpaired) electrons. The molecule has 0 heterocycles. The number of hydrogen-bond acceptors (Lipinski definition) is 0. The molecule has 0 aliphatic heterocycles. The van der Waals surface area contributed by atoms with Gasteiger partial charge in [0.15, 0.2) is 0 Å². The van der Waals surface area contributed by atoms with Gasteiger partial charge < -0.3 is 0 Å². The van der Waals surface area contributed by atoms with Crippen molar-refractivity contribution in [3.05, 3.63) is 0 Å². The van der Waals surface area contributed by atoms with Crippen LogP contribution in [0.25, 0.3) is 0 Å². The van der Waals surface area contributed by atoms with Crippen molar-refractivity contribution >= 4 is 0 Å². The van der Waals surface area contributed by atoms with Gasteiger partial charge in [-0.2, -0.15) is 0 Å². The maximum absolute atomic E-state index is 2.29. The molecule has 0 aromatic rings. The summed E-state index contributed by atoms with van der Waals surface area (Å²) in [5.41, 5.74) is 0. The molecule has 11 heavy (non-hydrogen) atoms. The molecule has 0 rings (SSSR count). The minimum atomic E-state index is 0.591. The molecule has 0 amide bonds. The average molecular weight is 337 g/mol. The van der Waals surface area contributed by atoms with E-state index in [0.717, 1.165) is 0 Å². The Morgan fingerprint density at radius 1 is 0.727 bits per heavy atom. The quantitative estimate of drug-likeness (QED) is 0.580. The van der Waals surface area contributed by atoms with E-state index in [2.05, 4.69) is 13.8 Å². The number of rotatable bonds is 8. The van der Waals surface area contributed by atoms with Gasteiger partial charge in [-0.1, -0.05) is 0 Å². The minimum absolute atomic E-state index is 0.591. The molecule has 0 atom stereocenters. The van der Waals surface area contributed by atoms with E-state index in [1.54, 1.807) is 9.62 Å². The van der Waals surface area contributed by atoms with Gasteiger partial charge in [0.1, 0.15) is 0 Å². The molecular weight excluding hydrogens is 315 g/mol. The Bertz CT molecular complexity index is 53.9. The second-order valence-electron chi connectivity index (χ2n) is 2.89. The molecule has 0 bridgehead atoms. The molecule has 0 nitrogen and oxygen atoms in total. The zero-order valence-corrected chi connectivity index (χ0v) is 10.2. The van der Waals surface area contributed by atoms with Gasteiger partial charge in [-0.25, -0.2) is 0 Å². The van der Waals surface area contributed by atoms with Crippen molar-refractivity contribution in [2.45, 2.75) is 62.0 Å². The molecule has 0 aromatic heterocycles. The molecule has 0 unspecified atom stereocenters. The third-order valence-electron chi connectivity index (χ3n) is 1.65. The van der Waals surface area contributed by atoms with Gasteiger partial charge in [0.25, 0.3) is 0 Å². The monoisotopic (exact) mass is 337 g/mol. The van der Waals surface area contributed by atoms with Crippen LogP contribution in [-0.4, -0.2) is 0 Å². The van der Waals surface area contributed by atoms with E-state index < -0.39 is 0 Å². The van der Waals surface area contributed by atoms with Crippen LogP contribution in [0.5, 0.6) is 0 Å². The van der Waals surface area contributed by atoms with Crippen molar-refractivity contribution < 1.29 is 18.6 Å². The predicted molar refractivity (Wildman–Crippen MR) is 48.7 cm³/mol. The summed E-state index contributed by atoms with van der Waals surface area (Å²) < 4.78 is 0. The van der Waals surface area contributed by atoms with Gasteiger partial charge >= 0.3 is 80.6 Å². The standard InChI is InChI=1S/2C5H11.Pt/c2*1-3-5-4-2;/h2*1,3-5H2,2H3;. The Morgan fingerprint density at radius 3 is 1.55 bits per heavy atom. The van der Waals surface area contributed by atoms with Crippen molar-refractivity contribution in [2.75, 3.05) is 0 Å². The summed E-state index contributed by atoms with van der Waals surface area (Å²) in [7, 11) is 0. The van der Waals surface area contributed by atoms with E-state index in [1.165, 1.54) is 38.5 Å².